The highest BCUT2D eigenvalue weighted by Crippen LogP contribution is 2.18. The van der Waals surface area contributed by atoms with Gasteiger partial charge in [-0.1, -0.05) is 6.92 Å². The van der Waals surface area contributed by atoms with Crippen LogP contribution in [0.25, 0.3) is 0 Å². The maximum Gasteiger partial charge on any atom is 0.254 e. The predicted molar refractivity (Wildman–Crippen MR) is 98.0 cm³/mol. The molecule has 3 aromatic rings. The molecule has 0 aliphatic rings. The van der Waals surface area contributed by atoms with E-state index >= 15 is 0 Å². The summed E-state index contributed by atoms with van der Waals surface area (Å²) in [5, 5.41) is 0. The van der Waals surface area contributed by atoms with Gasteiger partial charge in [0.05, 0.1) is 26.0 Å². The number of hydrogen-bond donors (Lipinski definition) is 0. The molecule has 1 aromatic carbocycles. The first kappa shape index (κ1) is 17.9. The van der Waals surface area contributed by atoms with E-state index in [1.807, 2.05) is 43.3 Å². The first-order chi connectivity index (χ1) is 12.7. The van der Waals surface area contributed by atoms with Gasteiger partial charge in [0, 0.05) is 5.56 Å². The van der Waals surface area contributed by atoms with Crippen molar-refractivity contribution in [1.29, 1.82) is 0 Å². The molecule has 0 N–H and O–H groups in total. The SMILES string of the molecule is CCCOc1ccc(C(=O)N(Cc2ccco2)Cc2ccc(C)o2)cc1. The average molecular weight is 353 g/mol. The van der Waals surface area contributed by atoms with E-state index in [2.05, 4.69) is 6.92 Å². The summed E-state index contributed by atoms with van der Waals surface area (Å²) in [4.78, 5) is 14.7. The number of nitrogens with zero attached hydrogens (tertiary/aromatic N) is 1. The van der Waals surface area contributed by atoms with Crippen molar-refractivity contribution in [1.82, 2.24) is 4.90 Å². The average Bonchev–Trinajstić information content (AvgIpc) is 3.31. The van der Waals surface area contributed by atoms with Gasteiger partial charge in [-0.2, -0.15) is 0 Å². The molecule has 1 amide bonds. The standard InChI is InChI=1S/C21H23NO4/c1-3-12-24-18-10-7-17(8-11-18)21(23)22(14-19-5-4-13-25-19)15-20-9-6-16(2)26-20/h4-11,13H,3,12,14-15H2,1-2H3. The van der Waals surface area contributed by atoms with E-state index in [4.69, 9.17) is 13.6 Å². The second-order valence-corrected chi connectivity index (χ2v) is 6.13. The molecule has 0 bridgehead atoms. The molecule has 0 unspecified atom stereocenters. The molecule has 0 radical (unpaired) electrons. The van der Waals surface area contributed by atoms with Crippen molar-refractivity contribution in [3.8, 4) is 5.75 Å². The summed E-state index contributed by atoms with van der Waals surface area (Å²) in [6.45, 7) is 5.36. The lowest BCUT2D eigenvalue weighted by atomic mass is 10.2. The smallest absolute Gasteiger partial charge is 0.254 e. The van der Waals surface area contributed by atoms with E-state index in [1.54, 1.807) is 23.3 Å². The minimum Gasteiger partial charge on any atom is -0.494 e. The van der Waals surface area contributed by atoms with Gasteiger partial charge in [-0.05, 0) is 61.9 Å². The number of amides is 1. The van der Waals surface area contributed by atoms with Crippen molar-refractivity contribution < 1.29 is 18.4 Å². The summed E-state index contributed by atoms with van der Waals surface area (Å²) in [5.74, 6) is 2.97. The lowest BCUT2D eigenvalue weighted by Crippen LogP contribution is -2.29. The molecule has 0 saturated heterocycles. The minimum atomic E-state index is -0.0857. The third-order valence-electron chi connectivity index (χ3n) is 3.93. The van der Waals surface area contributed by atoms with Gasteiger partial charge in [0.15, 0.2) is 0 Å². The Bertz CT molecular complexity index is 818. The monoisotopic (exact) mass is 353 g/mol. The van der Waals surface area contributed by atoms with Gasteiger partial charge in [-0.3, -0.25) is 4.79 Å². The van der Waals surface area contributed by atoms with Crippen molar-refractivity contribution in [2.75, 3.05) is 6.61 Å². The molecule has 2 heterocycles. The molecule has 26 heavy (non-hydrogen) atoms. The van der Waals surface area contributed by atoms with E-state index < -0.39 is 0 Å². The molecule has 2 aromatic heterocycles. The number of rotatable bonds is 8. The molecule has 5 nitrogen and oxygen atoms in total. The van der Waals surface area contributed by atoms with Crippen molar-refractivity contribution in [3.05, 3.63) is 77.6 Å². The van der Waals surface area contributed by atoms with Gasteiger partial charge in [0.25, 0.3) is 5.91 Å². The van der Waals surface area contributed by atoms with Crippen molar-refractivity contribution in [3.63, 3.8) is 0 Å². The van der Waals surface area contributed by atoms with Gasteiger partial charge in [-0.15, -0.1) is 0 Å². The molecule has 0 saturated carbocycles. The zero-order valence-electron chi connectivity index (χ0n) is 15.1. The number of aryl methyl sites for hydroxylation is 1. The molecule has 136 valence electrons. The molecular formula is C21H23NO4. The van der Waals surface area contributed by atoms with Crippen LogP contribution in [0.4, 0.5) is 0 Å². The van der Waals surface area contributed by atoms with Gasteiger partial charge < -0.3 is 18.5 Å². The number of carbonyl (C=O) groups excluding carboxylic acids is 1. The van der Waals surface area contributed by atoms with Crippen LogP contribution in [-0.2, 0) is 13.1 Å². The summed E-state index contributed by atoms with van der Waals surface area (Å²) < 4.78 is 16.6. The van der Waals surface area contributed by atoms with Crippen LogP contribution in [-0.4, -0.2) is 17.4 Å². The van der Waals surface area contributed by atoms with Crippen LogP contribution in [0.3, 0.4) is 0 Å². The Balaban J connectivity index is 1.77. The Hall–Kier alpha value is -2.95. The molecule has 5 heteroatoms. The number of carbonyl (C=O) groups is 1. The lowest BCUT2D eigenvalue weighted by molar-refractivity contribution is 0.0704. The Morgan fingerprint density at radius 3 is 2.42 bits per heavy atom. The van der Waals surface area contributed by atoms with E-state index in [0.29, 0.717) is 25.3 Å². The van der Waals surface area contributed by atoms with Crippen LogP contribution in [0.1, 0.15) is 41.0 Å². The quantitative estimate of drug-likeness (QED) is 0.583. The Kier molecular flexibility index (Phi) is 5.79. The van der Waals surface area contributed by atoms with Gasteiger partial charge in [0.2, 0.25) is 0 Å². The van der Waals surface area contributed by atoms with Crippen molar-refractivity contribution in [2.24, 2.45) is 0 Å². The molecule has 3 rings (SSSR count). The van der Waals surface area contributed by atoms with Crippen LogP contribution in [0.5, 0.6) is 5.75 Å². The summed E-state index contributed by atoms with van der Waals surface area (Å²) in [6.07, 6.45) is 2.55. The van der Waals surface area contributed by atoms with E-state index in [1.165, 1.54) is 0 Å². The molecule has 0 spiro atoms. The van der Waals surface area contributed by atoms with Crippen molar-refractivity contribution >= 4 is 5.91 Å². The maximum absolute atomic E-state index is 13.0. The molecule has 0 atom stereocenters. The molecular weight excluding hydrogens is 330 g/mol. The van der Waals surface area contributed by atoms with E-state index in [0.717, 1.165) is 29.5 Å². The summed E-state index contributed by atoms with van der Waals surface area (Å²) in [7, 11) is 0. The van der Waals surface area contributed by atoms with E-state index in [-0.39, 0.29) is 5.91 Å². The number of ether oxygens (including phenoxy) is 1. The number of benzene rings is 1. The largest absolute Gasteiger partial charge is 0.494 e. The van der Waals surface area contributed by atoms with Crippen LogP contribution < -0.4 is 4.74 Å². The summed E-state index contributed by atoms with van der Waals surface area (Å²) >= 11 is 0. The Labute approximate surface area is 153 Å². The fraction of sp³-hybridized carbons (Fsp3) is 0.286. The van der Waals surface area contributed by atoms with Crippen molar-refractivity contribution in [2.45, 2.75) is 33.4 Å². The van der Waals surface area contributed by atoms with Crippen LogP contribution in [0, 0.1) is 6.92 Å². The fourth-order valence-electron chi connectivity index (χ4n) is 2.64. The number of furan rings is 2. The van der Waals surface area contributed by atoms with Gasteiger partial charge in [-0.25, -0.2) is 0 Å². The minimum absolute atomic E-state index is 0.0857. The highest BCUT2D eigenvalue weighted by Gasteiger charge is 2.19. The van der Waals surface area contributed by atoms with Gasteiger partial charge in [0.1, 0.15) is 23.0 Å². The summed E-state index contributed by atoms with van der Waals surface area (Å²) in [5.41, 5.74) is 0.601. The topological polar surface area (TPSA) is 55.8 Å². The first-order valence-corrected chi connectivity index (χ1v) is 8.75. The highest BCUT2D eigenvalue weighted by atomic mass is 16.5. The predicted octanol–water partition coefficient (Wildman–Crippen LogP) is 4.81. The zero-order chi connectivity index (χ0) is 18.4. The maximum atomic E-state index is 13.0. The Morgan fingerprint density at radius 2 is 1.81 bits per heavy atom. The first-order valence-electron chi connectivity index (χ1n) is 8.75. The molecule has 0 fully saturated rings. The van der Waals surface area contributed by atoms with Gasteiger partial charge >= 0.3 is 0 Å². The van der Waals surface area contributed by atoms with E-state index in [9.17, 15) is 4.79 Å². The molecule has 0 aliphatic heterocycles. The third-order valence-corrected chi connectivity index (χ3v) is 3.93. The lowest BCUT2D eigenvalue weighted by Gasteiger charge is -2.21. The second-order valence-electron chi connectivity index (χ2n) is 6.13. The fourth-order valence-corrected chi connectivity index (χ4v) is 2.64. The summed E-state index contributed by atoms with van der Waals surface area (Å²) in [6, 6.07) is 14.7. The van der Waals surface area contributed by atoms with Crippen LogP contribution >= 0.6 is 0 Å². The second kappa shape index (κ2) is 8.43. The van der Waals surface area contributed by atoms with Crippen LogP contribution in [0.15, 0.2) is 63.6 Å². The third kappa shape index (κ3) is 4.57. The molecule has 0 aliphatic carbocycles. The zero-order valence-corrected chi connectivity index (χ0v) is 15.1. The van der Waals surface area contributed by atoms with Crippen LogP contribution in [0.2, 0.25) is 0 Å². The highest BCUT2D eigenvalue weighted by molar-refractivity contribution is 5.94. The number of hydrogen-bond acceptors (Lipinski definition) is 4. The normalized spacial score (nSPS) is 10.7. The Morgan fingerprint density at radius 1 is 1.04 bits per heavy atom.